The summed E-state index contributed by atoms with van der Waals surface area (Å²) in [5.41, 5.74) is 1.57. The number of carbonyl (C=O) groups excluding carboxylic acids is 2. The largest absolute Gasteiger partial charge is 0.493 e. The molecule has 10 heteroatoms. The summed E-state index contributed by atoms with van der Waals surface area (Å²) in [4.78, 5) is 31.4. The number of rotatable bonds is 6. The summed E-state index contributed by atoms with van der Waals surface area (Å²) in [5.74, 6) is 0.479. The Balaban J connectivity index is 1.46. The highest BCUT2D eigenvalue weighted by Crippen LogP contribution is 2.34. The average molecular weight is 472 g/mol. The van der Waals surface area contributed by atoms with Crippen LogP contribution in [0.1, 0.15) is 5.56 Å². The van der Waals surface area contributed by atoms with Crippen molar-refractivity contribution in [3.63, 3.8) is 0 Å². The van der Waals surface area contributed by atoms with Gasteiger partial charge in [-0.3, -0.25) is 14.5 Å². The number of thiazole rings is 1. The number of anilines is 1. The molecule has 1 aliphatic rings. The monoisotopic (exact) mass is 471 g/mol. The second-order valence-corrected chi connectivity index (χ2v) is 9.12. The van der Waals surface area contributed by atoms with Gasteiger partial charge in [-0.1, -0.05) is 53.5 Å². The maximum absolute atomic E-state index is 12.8. The summed E-state index contributed by atoms with van der Waals surface area (Å²) >= 11 is 7.86. The molecule has 1 N–H and O–H groups in total. The molecule has 2 heterocycles. The van der Waals surface area contributed by atoms with E-state index in [0.717, 1.165) is 27.5 Å². The van der Waals surface area contributed by atoms with Crippen LogP contribution in [0.15, 0.2) is 47.4 Å². The Hall–Kier alpha value is -2.95. The third kappa shape index (κ3) is 4.55. The third-order valence-electron chi connectivity index (χ3n) is 4.42. The molecule has 3 aromatic rings. The van der Waals surface area contributed by atoms with Crippen LogP contribution in [0.5, 0.6) is 11.5 Å². The minimum Gasteiger partial charge on any atom is -0.493 e. The number of aromatic nitrogens is 1. The van der Waals surface area contributed by atoms with Gasteiger partial charge in [-0.25, -0.2) is 4.98 Å². The number of hydrogen-bond donors (Lipinski definition) is 1. The maximum atomic E-state index is 12.8. The molecule has 4 rings (SSSR count). The van der Waals surface area contributed by atoms with Crippen LogP contribution in [0.25, 0.3) is 16.3 Å². The first-order chi connectivity index (χ1) is 15.0. The molecule has 1 aliphatic heterocycles. The van der Waals surface area contributed by atoms with Crippen LogP contribution in [0, 0.1) is 0 Å². The second kappa shape index (κ2) is 9.04. The third-order valence-corrected chi connectivity index (χ3v) is 6.75. The molecule has 0 atom stereocenters. The van der Waals surface area contributed by atoms with Crippen LogP contribution in [0.4, 0.5) is 5.13 Å². The number of benzene rings is 2. The van der Waals surface area contributed by atoms with Gasteiger partial charge >= 0.3 is 0 Å². The van der Waals surface area contributed by atoms with E-state index >= 15 is 0 Å². The first kappa shape index (κ1) is 21.3. The first-order valence-corrected chi connectivity index (χ1v) is 11.2. The molecule has 2 aromatic carbocycles. The van der Waals surface area contributed by atoms with Crippen LogP contribution < -0.4 is 14.8 Å². The van der Waals surface area contributed by atoms with Gasteiger partial charge in [-0.2, -0.15) is 0 Å². The molecule has 1 fully saturated rings. The van der Waals surface area contributed by atoms with Crippen LogP contribution >= 0.6 is 35.3 Å². The molecule has 0 saturated carbocycles. The smallest absolute Gasteiger partial charge is 0.266 e. The van der Waals surface area contributed by atoms with Crippen LogP contribution in [-0.2, 0) is 9.59 Å². The number of carbonyl (C=O) groups is 2. The number of para-hydroxylation sites is 1. The van der Waals surface area contributed by atoms with Gasteiger partial charge in [0.15, 0.2) is 16.6 Å². The molecule has 31 heavy (non-hydrogen) atoms. The Kier molecular flexibility index (Phi) is 6.21. The molecule has 2 amide bonds. The van der Waals surface area contributed by atoms with Crippen molar-refractivity contribution in [3.05, 3.63) is 52.9 Å². The average Bonchev–Trinajstić information content (AvgIpc) is 3.28. The van der Waals surface area contributed by atoms with Gasteiger partial charge in [-0.15, -0.1) is 0 Å². The Morgan fingerprint density at radius 1 is 1.19 bits per heavy atom. The van der Waals surface area contributed by atoms with Gasteiger partial charge in [0.2, 0.25) is 5.91 Å². The molecule has 158 valence electrons. The van der Waals surface area contributed by atoms with Crippen molar-refractivity contribution < 1.29 is 19.1 Å². The fourth-order valence-corrected chi connectivity index (χ4v) is 5.10. The molecular weight excluding hydrogens is 454 g/mol. The predicted molar refractivity (Wildman–Crippen MR) is 128 cm³/mol. The summed E-state index contributed by atoms with van der Waals surface area (Å²) in [6, 6.07) is 13.0. The number of methoxy groups -OCH3 is 2. The molecule has 1 saturated heterocycles. The maximum Gasteiger partial charge on any atom is 0.266 e. The van der Waals surface area contributed by atoms with E-state index in [-0.39, 0.29) is 18.4 Å². The zero-order valence-electron chi connectivity index (χ0n) is 16.6. The van der Waals surface area contributed by atoms with Crippen LogP contribution in [-0.4, -0.2) is 46.8 Å². The number of hydrogen-bond acceptors (Lipinski definition) is 8. The number of nitrogens with zero attached hydrogens (tertiary/aromatic N) is 2. The first-order valence-electron chi connectivity index (χ1n) is 9.11. The lowest BCUT2D eigenvalue weighted by Gasteiger charge is -2.13. The number of nitrogens with one attached hydrogen (secondary N) is 1. The summed E-state index contributed by atoms with van der Waals surface area (Å²) in [6.45, 7) is -0.177. The van der Waals surface area contributed by atoms with Gasteiger partial charge in [0.05, 0.1) is 29.3 Å². The van der Waals surface area contributed by atoms with E-state index in [1.807, 2.05) is 30.3 Å². The van der Waals surface area contributed by atoms with Gasteiger partial charge in [-0.05, 0) is 35.9 Å². The minimum absolute atomic E-state index is 0.177. The van der Waals surface area contributed by atoms with E-state index in [4.69, 9.17) is 21.7 Å². The highest BCUT2D eigenvalue weighted by atomic mass is 32.2. The van der Waals surface area contributed by atoms with Crippen molar-refractivity contribution in [1.82, 2.24) is 9.88 Å². The lowest BCUT2D eigenvalue weighted by molar-refractivity contribution is -0.126. The van der Waals surface area contributed by atoms with Crippen molar-refractivity contribution in [1.29, 1.82) is 0 Å². The second-order valence-electron chi connectivity index (χ2n) is 6.42. The van der Waals surface area contributed by atoms with Gasteiger partial charge in [0.1, 0.15) is 10.9 Å². The van der Waals surface area contributed by atoms with E-state index in [9.17, 15) is 9.59 Å². The van der Waals surface area contributed by atoms with Crippen molar-refractivity contribution in [2.75, 3.05) is 26.1 Å². The van der Waals surface area contributed by atoms with Gasteiger partial charge in [0, 0.05) is 0 Å². The summed E-state index contributed by atoms with van der Waals surface area (Å²) in [6.07, 6.45) is 1.71. The van der Waals surface area contributed by atoms with Crippen LogP contribution in [0.2, 0.25) is 0 Å². The standard InChI is InChI=1S/C21H17N3O4S3/c1-27-14-8-7-12(9-15(14)28-2)10-17-19(26)24(21(29)31-17)11-18(25)23-20-22-13-5-3-4-6-16(13)30-20/h3-10H,11H2,1-2H3,(H,22,23,25)/b17-10-. The number of thiocarbonyl (C=S) groups is 1. The van der Waals surface area contributed by atoms with Crippen LogP contribution in [0.3, 0.4) is 0 Å². The molecular formula is C21H17N3O4S3. The van der Waals surface area contributed by atoms with Crippen molar-refractivity contribution >= 4 is 72.9 Å². The number of thioether (sulfide) groups is 1. The highest BCUT2D eigenvalue weighted by Gasteiger charge is 2.33. The molecule has 7 nitrogen and oxygen atoms in total. The fraction of sp³-hybridized carbons (Fsp3) is 0.143. The molecule has 0 aliphatic carbocycles. The van der Waals surface area contributed by atoms with E-state index < -0.39 is 0 Å². The van der Waals surface area contributed by atoms with Gasteiger partial charge < -0.3 is 14.8 Å². The normalized spacial score (nSPS) is 15.0. The quantitative estimate of drug-likeness (QED) is 0.427. The molecule has 0 radical (unpaired) electrons. The zero-order chi connectivity index (χ0) is 22.0. The Labute approximate surface area is 192 Å². The summed E-state index contributed by atoms with van der Waals surface area (Å²) in [5, 5.41) is 3.23. The van der Waals surface area contributed by atoms with Crippen molar-refractivity contribution in [3.8, 4) is 11.5 Å². The highest BCUT2D eigenvalue weighted by molar-refractivity contribution is 8.26. The predicted octanol–water partition coefficient (Wildman–Crippen LogP) is 4.15. The number of amides is 2. The topological polar surface area (TPSA) is 80.8 Å². The van der Waals surface area contributed by atoms with Gasteiger partial charge in [0.25, 0.3) is 5.91 Å². The Morgan fingerprint density at radius 3 is 2.71 bits per heavy atom. The van der Waals surface area contributed by atoms with Crippen molar-refractivity contribution in [2.45, 2.75) is 0 Å². The Morgan fingerprint density at radius 2 is 1.97 bits per heavy atom. The zero-order valence-corrected chi connectivity index (χ0v) is 19.0. The molecule has 0 spiro atoms. The lowest BCUT2D eigenvalue weighted by Crippen LogP contribution is -2.36. The summed E-state index contributed by atoms with van der Waals surface area (Å²) < 4.78 is 11.8. The van der Waals surface area contributed by atoms with E-state index in [0.29, 0.717) is 25.9 Å². The SMILES string of the molecule is COc1ccc(/C=C2\SC(=S)N(CC(=O)Nc3nc4ccccc4s3)C2=O)cc1OC. The molecule has 0 unspecified atom stereocenters. The number of fused-ring (bicyclic) bond motifs is 1. The summed E-state index contributed by atoms with van der Waals surface area (Å²) in [7, 11) is 3.10. The minimum atomic E-state index is -0.359. The molecule has 1 aromatic heterocycles. The lowest BCUT2D eigenvalue weighted by atomic mass is 10.2. The van der Waals surface area contributed by atoms with E-state index in [1.54, 1.807) is 32.4 Å². The molecule has 0 bridgehead atoms. The van der Waals surface area contributed by atoms with E-state index in [2.05, 4.69) is 10.3 Å². The fourth-order valence-electron chi connectivity index (χ4n) is 2.96. The number of ether oxygens (including phenoxy) is 2. The Bertz CT molecular complexity index is 1190. The van der Waals surface area contributed by atoms with E-state index in [1.165, 1.54) is 16.2 Å². The van der Waals surface area contributed by atoms with Crippen molar-refractivity contribution in [2.24, 2.45) is 0 Å².